The minimum Gasteiger partial charge on any atom is -0.394 e. The van der Waals surface area contributed by atoms with E-state index in [1.165, 1.54) is 0 Å². The Morgan fingerprint density at radius 1 is 1.59 bits per heavy atom. The van der Waals surface area contributed by atoms with Crippen molar-refractivity contribution in [2.24, 2.45) is 0 Å². The average Bonchev–Trinajstić information content (AvgIpc) is 2.73. The van der Waals surface area contributed by atoms with Crippen molar-refractivity contribution >= 4 is 21.3 Å². The van der Waals surface area contributed by atoms with E-state index in [2.05, 4.69) is 10.4 Å². The standard InChI is InChI=1S/C10H18N4O2S/c1-3-14-10(9(11)7(2)13-14)12-8-4-5-17(15,16)6-8/h8,12H,3-6,11H2,1-2H3. The van der Waals surface area contributed by atoms with Crippen LogP contribution in [0, 0.1) is 6.92 Å². The summed E-state index contributed by atoms with van der Waals surface area (Å²) in [5.41, 5.74) is 7.31. The fourth-order valence-corrected chi connectivity index (χ4v) is 3.75. The summed E-state index contributed by atoms with van der Waals surface area (Å²) in [6.07, 6.45) is 0.635. The monoisotopic (exact) mass is 258 g/mol. The van der Waals surface area contributed by atoms with Crippen LogP contribution in [0.4, 0.5) is 11.5 Å². The maximum absolute atomic E-state index is 11.4. The average molecular weight is 258 g/mol. The van der Waals surface area contributed by atoms with E-state index in [0.29, 0.717) is 18.7 Å². The van der Waals surface area contributed by atoms with E-state index in [9.17, 15) is 8.42 Å². The zero-order valence-corrected chi connectivity index (χ0v) is 10.9. The second-order valence-corrected chi connectivity index (χ2v) is 6.64. The van der Waals surface area contributed by atoms with Crippen molar-refractivity contribution in [2.75, 3.05) is 22.6 Å². The lowest BCUT2D eigenvalue weighted by molar-refractivity contribution is 0.601. The van der Waals surface area contributed by atoms with Gasteiger partial charge >= 0.3 is 0 Å². The number of hydrogen-bond donors (Lipinski definition) is 2. The zero-order chi connectivity index (χ0) is 12.6. The summed E-state index contributed by atoms with van der Waals surface area (Å²) in [5, 5.41) is 7.49. The molecule has 96 valence electrons. The van der Waals surface area contributed by atoms with E-state index in [0.717, 1.165) is 11.5 Å². The van der Waals surface area contributed by atoms with Gasteiger partial charge in [-0.2, -0.15) is 5.10 Å². The van der Waals surface area contributed by atoms with Crippen LogP contribution in [0.5, 0.6) is 0 Å². The van der Waals surface area contributed by atoms with Crippen molar-refractivity contribution in [1.82, 2.24) is 9.78 Å². The van der Waals surface area contributed by atoms with Crippen LogP contribution in [0.25, 0.3) is 0 Å². The molecule has 1 aliphatic heterocycles. The van der Waals surface area contributed by atoms with Gasteiger partial charge in [0.1, 0.15) is 5.82 Å². The number of aromatic nitrogens is 2. The molecule has 1 aliphatic rings. The van der Waals surface area contributed by atoms with Crippen LogP contribution in [0.2, 0.25) is 0 Å². The fraction of sp³-hybridized carbons (Fsp3) is 0.700. The van der Waals surface area contributed by atoms with E-state index in [1.54, 1.807) is 4.68 Å². The second kappa shape index (κ2) is 4.21. The minimum atomic E-state index is -2.87. The summed E-state index contributed by atoms with van der Waals surface area (Å²) in [7, 11) is -2.87. The molecule has 3 N–H and O–H groups in total. The molecule has 0 spiro atoms. The molecule has 2 rings (SSSR count). The minimum absolute atomic E-state index is 0.0521. The van der Waals surface area contributed by atoms with Crippen molar-refractivity contribution in [1.29, 1.82) is 0 Å². The summed E-state index contributed by atoms with van der Waals surface area (Å²) in [6, 6.07) is -0.0521. The number of hydrogen-bond acceptors (Lipinski definition) is 5. The summed E-state index contributed by atoms with van der Waals surface area (Å²) < 4.78 is 24.5. The van der Waals surface area contributed by atoms with Crippen LogP contribution in [-0.2, 0) is 16.4 Å². The van der Waals surface area contributed by atoms with Gasteiger partial charge in [0, 0.05) is 12.6 Å². The number of nitrogen functional groups attached to an aromatic ring is 1. The maximum Gasteiger partial charge on any atom is 0.152 e. The quantitative estimate of drug-likeness (QED) is 0.818. The van der Waals surface area contributed by atoms with Gasteiger partial charge < -0.3 is 11.1 Å². The number of rotatable bonds is 3. The van der Waals surface area contributed by atoms with E-state index >= 15 is 0 Å². The molecule has 0 bridgehead atoms. The molecule has 2 heterocycles. The Balaban J connectivity index is 2.19. The highest BCUT2D eigenvalue weighted by molar-refractivity contribution is 7.91. The van der Waals surface area contributed by atoms with Crippen molar-refractivity contribution in [3.8, 4) is 0 Å². The smallest absolute Gasteiger partial charge is 0.152 e. The molecule has 7 heteroatoms. The van der Waals surface area contributed by atoms with E-state index in [-0.39, 0.29) is 17.5 Å². The Bertz CT molecular complexity index is 521. The zero-order valence-electron chi connectivity index (χ0n) is 10.1. The number of nitrogens with one attached hydrogen (secondary N) is 1. The number of nitrogens with zero attached hydrogens (tertiary/aromatic N) is 2. The van der Waals surface area contributed by atoms with Crippen molar-refractivity contribution in [3.05, 3.63) is 5.69 Å². The van der Waals surface area contributed by atoms with Crippen molar-refractivity contribution in [2.45, 2.75) is 32.9 Å². The van der Waals surface area contributed by atoms with Crippen LogP contribution in [0.3, 0.4) is 0 Å². The lowest BCUT2D eigenvalue weighted by Gasteiger charge is -2.14. The first kappa shape index (κ1) is 12.2. The molecule has 0 aliphatic carbocycles. The van der Waals surface area contributed by atoms with Crippen LogP contribution in [0.15, 0.2) is 0 Å². The number of nitrogens with two attached hydrogens (primary N) is 1. The third-order valence-corrected chi connectivity index (χ3v) is 4.81. The van der Waals surface area contributed by atoms with Crippen molar-refractivity contribution < 1.29 is 8.42 Å². The van der Waals surface area contributed by atoms with E-state index < -0.39 is 9.84 Å². The van der Waals surface area contributed by atoms with Crippen LogP contribution in [0.1, 0.15) is 19.0 Å². The first-order chi connectivity index (χ1) is 7.93. The largest absolute Gasteiger partial charge is 0.394 e. The van der Waals surface area contributed by atoms with Crippen molar-refractivity contribution in [3.63, 3.8) is 0 Å². The van der Waals surface area contributed by atoms with Gasteiger partial charge in [-0.1, -0.05) is 0 Å². The Labute approximate surface area is 101 Å². The number of aryl methyl sites for hydroxylation is 2. The normalized spacial score (nSPS) is 22.8. The molecule has 1 atom stereocenters. The van der Waals surface area contributed by atoms with Gasteiger partial charge in [0.25, 0.3) is 0 Å². The van der Waals surface area contributed by atoms with E-state index in [4.69, 9.17) is 5.73 Å². The lowest BCUT2D eigenvalue weighted by atomic mass is 10.2. The fourth-order valence-electron chi connectivity index (χ4n) is 2.08. The predicted molar refractivity (Wildman–Crippen MR) is 67.7 cm³/mol. The van der Waals surface area contributed by atoms with Gasteiger partial charge in [-0.05, 0) is 20.3 Å². The molecule has 0 aromatic carbocycles. The third kappa shape index (κ3) is 2.38. The Kier molecular flexibility index (Phi) is 3.03. The van der Waals surface area contributed by atoms with Gasteiger partial charge in [0.05, 0.1) is 22.9 Å². The molecule has 0 saturated carbocycles. The summed E-state index contributed by atoms with van der Waals surface area (Å²) >= 11 is 0. The maximum atomic E-state index is 11.4. The van der Waals surface area contributed by atoms with Gasteiger partial charge in [-0.3, -0.25) is 0 Å². The molecule has 0 amide bonds. The van der Waals surface area contributed by atoms with E-state index in [1.807, 2.05) is 13.8 Å². The summed E-state index contributed by atoms with van der Waals surface area (Å²) in [4.78, 5) is 0. The first-order valence-corrected chi connectivity index (χ1v) is 7.55. The molecule has 6 nitrogen and oxygen atoms in total. The molecule has 1 aromatic rings. The summed E-state index contributed by atoms with van der Waals surface area (Å²) in [5.74, 6) is 1.18. The highest BCUT2D eigenvalue weighted by atomic mass is 32.2. The van der Waals surface area contributed by atoms with Gasteiger partial charge in [0.15, 0.2) is 9.84 Å². The second-order valence-electron chi connectivity index (χ2n) is 4.41. The van der Waals surface area contributed by atoms with Crippen LogP contribution >= 0.6 is 0 Å². The molecule has 17 heavy (non-hydrogen) atoms. The van der Waals surface area contributed by atoms with Crippen LogP contribution < -0.4 is 11.1 Å². The van der Waals surface area contributed by atoms with Gasteiger partial charge in [-0.25, -0.2) is 13.1 Å². The lowest BCUT2D eigenvalue weighted by Crippen LogP contribution is -2.23. The number of anilines is 2. The van der Waals surface area contributed by atoms with Gasteiger partial charge in [-0.15, -0.1) is 0 Å². The highest BCUT2D eigenvalue weighted by Gasteiger charge is 2.29. The first-order valence-electron chi connectivity index (χ1n) is 5.73. The Morgan fingerprint density at radius 3 is 2.82 bits per heavy atom. The molecule has 1 saturated heterocycles. The predicted octanol–water partition coefficient (Wildman–Crippen LogP) is 0.393. The summed E-state index contributed by atoms with van der Waals surface area (Å²) in [6.45, 7) is 4.53. The third-order valence-electron chi connectivity index (χ3n) is 3.05. The molecule has 1 fully saturated rings. The Morgan fingerprint density at radius 2 is 2.29 bits per heavy atom. The molecule has 1 unspecified atom stereocenters. The Hall–Kier alpha value is -1.24. The molecule has 0 radical (unpaired) electrons. The van der Waals surface area contributed by atoms with Gasteiger partial charge in [0.2, 0.25) is 0 Å². The van der Waals surface area contributed by atoms with Crippen LogP contribution in [-0.4, -0.2) is 35.7 Å². The number of sulfone groups is 1. The highest BCUT2D eigenvalue weighted by Crippen LogP contribution is 2.25. The SMILES string of the molecule is CCn1nc(C)c(N)c1NC1CCS(=O)(=O)C1. The molecule has 1 aromatic heterocycles. The molecular formula is C10H18N4O2S. The molecular weight excluding hydrogens is 240 g/mol. The topological polar surface area (TPSA) is 90.0 Å².